The molecule has 0 radical (unpaired) electrons. The molecule has 2 aliphatic heterocycles. The minimum atomic E-state index is -1.53. The van der Waals surface area contributed by atoms with Crippen molar-refractivity contribution in [3.63, 3.8) is 0 Å². The Morgan fingerprint density at radius 3 is 2.32 bits per heavy atom. The maximum atomic E-state index is 15.3. The van der Waals surface area contributed by atoms with Crippen molar-refractivity contribution < 1.29 is 29.0 Å². The summed E-state index contributed by atoms with van der Waals surface area (Å²) in [6, 6.07) is 18.6. The van der Waals surface area contributed by atoms with Crippen LogP contribution in [0.2, 0.25) is 10.0 Å². The number of nitrogens with one attached hydrogen (secondary N) is 1. The van der Waals surface area contributed by atoms with Crippen molar-refractivity contribution in [3.8, 4) is 11.5 Å². The van der Waals surface area contributed by atoms with Crippen LogP contribution in [0.5, 0.6) is 11.5 Å². The molecule has 2 heterocycles. The van der Waals surface area contributed by atoms with E-state index in [2.05, 4.69) is 5.43 Å². The maximum Gasteiger partial charge on any atom is 0.260 e. The Morgan fingerprint density at radius 2 is 1.62 bits per heavy atom. The number of phenols is 1. The molecule has 0 aromatic heterocycles. The molecule has 2 N–H and O–H groups in total. The van der Waals surface area contributed by atoms with Crippen LogP contribution in [0, 0.1) is 23.7 Å². The van der Waals surface area contributed by atoms with Crippen LogP contribution in [0.25, 0.3) is 0 Å². The summed E-state index contributed by atoms with van der Waals surface area (Å²) in [6.07, 6.45) is 7.14. The van der Waals surface area contributed by atoms with Gasteiger partial charge in [0.15, 0.2) is 0 Å². The highest BCUT2D eigenvalue weighted by Crippen LogP contribution is 2.65. The van der Waals surface area contributed by atoms with Gasteiger partial charge in [0.2, 0.25) is 11.8 Å². The van der Waals surface area contributed by atoms with Crippen LogP contribution in [0.4, 0.5) is 5.69 Å². The van der Waals surface area contributed by atoms with Gasteiger partial charge >= 0.3 is 0 Å². The van der Waals surface area contributed by atoms with E-state index in [-0.39, 0.29) is 35.0 Å². The molecule has 8 rings (SSSR count). The number of ether oxygens (including phenoxy) is 1. The molecular weight excluding hydrogens is 677 g/mol. The molecule has 0 unspecified atom stereocenters. The number of imide groups is 2. The number of nitrogens with zero attached hydrogens (tertiary/aromatic N) is 2. The SMILES string of the molecule is COc1ccc([C@@]23C(=O)N(Nc4ccc(Cl)cc4Cl)C(=O)[C@@H]2C[C@@H]2C(=CC[C@@H]4C(=O)N(C5CCCCC5)C(=O)[C@@H]42)[C@@H]3c2ccccc2O)cc1. The van der Waals surface area contributed by atoms with Crippen LogP contribution in [0.3, 0.4) is 0 Å². The smallest absolute Gasteiger partial charge is 0.260 e. The molecule has 11 heteroatoms. The van der Waals surface area contributed by atoms with Gasteiger partial charge < -0.3 is 9.84 Å². The first kappa shape index (κ1) is 32.8. The average molecular weight is 715 g/mol. The third kappa shape index (κ3) is 4.80. The molecule has 5 aliphatic rings. The van der Waals surface area contributed by atoms with Crippen molar-refractivity contribution in [2.24, 2.45) is 23.7 Å². The summed E-state index contributed by atoms with van der Waals surface area (Å²) in [7, 11) is 1.55. The number of likely N-dealkylation sites (tertiary alicyclic amines) is 1. The first-order chi connectivity index (χ1) is 24.2. The topological polar surface area (TPSA) is 116 Å². The molecule has 4 fully saturated rings. The second-order valence-electron chi connectivity index (χ2n) is 14.1. The number of carbonyl (C=O) groups is 4. The fraction of sp³-hybridized carbons (Fsp3) is 0.385. The predicted molar refractivity (Wildman–Crippen MR) is 187 cm³/mol. The van der Waals surface area contributed by atoms with E-state index in [1.807, 2.05) is 6.08 Å². The lowest BCUT2D eigenvalue weighted by Crippen LogP contribution is -2.53. The zero-order valence-electron chi connectivity index (χ0n) is 27.5. The Morgan fingerprint density at radius 1 is 0.880 bits per heavy atom. The zero-order valence-corrected chi connectivity index (χ0v) is 29.0. The summed E-state index contributed by atoms with van der Waals surface area (Å²) < 4.78 is 5.46. The van der Waals surface area contributed by atoms with E-state index in [4.69, 9.17) is 27.9 Å². The van der Waals surface area contributed by atoms with Crippen LogP contribution < -0.4 is 10.2 Å². The van der Waals surface area contributed by atoms with Gasteiger partial charge in [-0.05, 0) is 73.6 Å². The number of benzene rings is 3. The lowest BCUT2D eigenvalue weighted by Gasteiger charge is -2.50. The van der Waals surface area contributed by atoms with Crippen LogP contribution >= 0.6 is 23.2 Å². The van der Waals surface area contributed by atoms with Gasteiger partial charge in [0.1, 0.15) is 11.5 Å². The van der Waals surface area contributed by atoms with Crippen LogP contribution in [0.1, 0.15) is 62.0 Å². The molecule has 2 saturated heterocycles. The van der Waals surface area contributed by atoms with Gasteiger partial charge in [-0.15, -0.1) is 0 Å². The molecule has 50 heavy (non-hydrogen) atoms. The van der Waals surface area contributed by atoms with E-state index in [9.17, 15) is 19.5 Å². The van der Waals surface area contributed by atoms with Crippen molar-refractivity contribution in [1.29, 1.82) is 0 Å². The quantitative estimate of drug-likeness (QED) is 0.208. The fourth-order valence-electron chi connectivity index (χ4n) is 9.64. The zero-order chi connectivity index (χ0) is 34.9. The van der Waals surface area contributed by atoms with E-state index >= 15 is 4.79 Å². The van der Waals surface area contributed by atoms with Gasteiger partial charge in [0.05, 0.1) is 41.0 Å². The highest BCUT2D eigenvalue weighted by molar-refractivity contribution is 6.36. The number of amides is 4. The Bertz CT molecular complexity index is 1940. The second-order valence-corrected chi connectivity index (χ2v) is 15.0. The van der Waals surface area contributed by atoms with E-state index in [1.165, 1.54) is 11.0 Å². The van der Waals surface area contributed by atoms with Gasteiger partial charge in [-0.1, -0.05) is 84.4 Å². The highest BCUT2D eigenvalue weighted by Gasteiger charge is 2.70. The maximum absolute atomic E-state index is 15.3. The summed E-state index contributed by atoms with van der Waals surface area (Å²) in [5, 5.41) is 13.1. The molecule has 4 amide bonds. The molecular formula is C39H37Cl2N3O6. The number of rotatable bonds is 6. The minimum Gasteiger partial charge on any atom is -0.508 e. The number of halogens is 2. The first-order valence-corrected chi connectivity index (χ1v) is 18.0. The molecule has 3 aliphatic carbocycles. The Hall–Kier alpha value is -4.34. The van der Waals surface area contributed by atoms with Gasteiger partial charge in [-0.25, -0.2) is 0 Å². The van der Waals surface area contributed by atoms with E-state index < -0.39 is 46.8 Å². The number of hydrogen-bond acceptors (Lipinski definition) is 7. The first-order valence-electron chi connectivity index (χ1n) is 17.3. The van der Waals surface area contributed by atoms with Gasteiger partial charge in [0.25, 0.3) is 11.8 Å². The number of hydrazine groups is 1. The van der Waals surface area contributed by atoms with Crippen molar-refractivity contribution in [3.05, 3.63) is 99.6 Å². The van der Waals surface area contributed by atoms with Crippen LogP contribution in [0.15, 0.2) is 78.4 Å². The minimum absolute atomic E-state index is 0.0297. The molecule has 258 valence electrons. The number of para-hydroxylation sites is 1. The monoisotopic (exact) mass is 713 g/mol. The normalized spacial score (nSPS) is 29.4. The largest absolute Gasteiger partial charge is 0.508 e. The number of methoxy groups -OCH3 is 1. The van der Waals surface area contributed by atoms with Crippen molar-refractivity contribution in [2.75, 3.05) is 12.5 Å². The predicted octanol–water partition coefficient (Wildman–Crippen LogP) is 7.03. The number of fused-ring (bicyclic) bond motifs is 4. The van der Waals surface area contributed by atoms with Crippen LogP contribution in [-0.2, 0) is 24.6 Å². The third-order valence-corrected chi connectivity index (χ3v) is 12.3. The van der Waals surface area contributed by atoms with Crippen molar-refractivity contribution in [2.45, 2.75) is 62.3 Å². The molecule has 3 aromatic rings. The number of allylic oxidation sites excluding steroid dienone is 2. The fourth-order valence-corrected chi connectivity index (χ4v) is 10.1. The van der Waals surface area contributed by atoms with Gasteiger partial charge in [-0.3, -0.25) is 29.5 Å². The van der Waals surface area contributed by atoms with Crippen molar-refractivity contribution >= 4 is 52.5 Å². The number of anilines is 1. The molecule has 0 bridgehead atoms. The summed E-state index contributed by atoms with van der Waals surface area (Å²) in [5.41, 5.74) is 3.61. The summed E-state index contributed by atoms with van der Waals surface area (Å²) in [4.78, 5) is 60.1. The molecule has 2 saturated carbocycles. The Labute approximate surface area is 300 Å². The standard InChI is InChI=1S/C39H37Cl2N3O6/c1-50-24-14-11-21(12-15-24)39-29(36(47)44(38(39)49)42-31-18-13-22(40)19-30(31)41)20-28-25(34(39)26-9-5-6-10-32(26)45)16-17-27-33(28)37(48)43(35(27)46)23-7-3-2-4-8-23/h5-6,9-16,18-19,23,27-29,33-34,42,45H,2-4,7-8,17,20H2,1H3/t27-,28+,29-,33-,34+,39+/m0/s1. The lowest BCUT2D eigenvalue weighted by molar-refractivity contribution is -0.144. The molecule has 6 atom stereocenters. The lowest BCUT2D eigenvalue weighted by atomic mass is 9.49. The number of carbonyl (C=O) groups excluding carboxylic acids is 4. The summed E-state index contributed by atoms with van der Waals surface area (Å²) >= 11 is 12.7. The van der Waals surface area contributed by atoms with Crippen molar-refractivity contribution in [1.82, 2.24) is 9.91 Å². The van der Waals surface area contributed by atoms with Crippen LogP contribution in [-0.4, -0.2) is 51.8 Å². The Kier molecular flexibility index (Phi) is 8.18. The molecule has 3 aromatic carbocycles. The number of phenolic OH excluding ortho intramolecular Hbond substituents is 1. The van der Waals surface area contributed by atoms with E-state index in [0.29, 0.717) is 34.0 Å². The van der Waals surface area contributed by atoms with Gasteiger partial charge in [-0.2, -0.15) is 5.01 Å². The second kappa shape index (κ2) is 12.5. The number of hydrogen-bond donors (Lipinski definition) is 2. The third-order valence-electron chi connectivity index (χ3n) is 11.8. The Balaban J connectivity index is 1.31. The highest BCUT2D eigenvalue weighted by atomic mass is 35.5. The average Bonchev–Trinajstić information content (AvgIpc) is 3.51. The van der Waals surface area contributed by atoms with E-state index in [0.717, 1.165) is 42.7 Å². The molecule has 0 spiro atoms. The molecule has 9 nitrogen and oxygen atoms in total. The number of aromatic hydroxyl groups is 1. The van der Waals surface area contributed by atoms with Gasteiger partial charge in [0, 0.05) is 22.5 Å². The summed E-state index contributed by atoms with van der Waals surface area (Å²) in [6.45, 7) is 0. The summed E-state index contributed by atoms with van der Waals surface area (Å²) in [5.74, 6) is -4.28. The van der Waals surface area contributed by atoms with E-state index in [1.54, 1.807) is 67.8 Å².